The molecule has 0 bridgehead atoms. The molecule has 12 heteroatoms. The summed E-state index contributed by atoms with van der Waals surface area (Å²) in [6.07, 6.45) is 0.860. The first-order valence-electron chi connectivity index (χ1n) is 11.0. The van der Waals surface area contributed by atoms with Crippen LogP contribution in [0.3, 0.4) is 0 Å². The van der Waals surface area contributed by atoms with Gasteiger partial charge in [-0.3, -0.25) is 4.98 Å². The van der Waals surface area contributed by atoms with Crippen molar-refractivity contribution in [2.24, 2.45) is 0 Å². The Kier molecular flexibility index (Phi) is 4.90. The molecule has 5 aromatic rings. The second-order valence-electron chi connectivity index (χ2n) is 8.50. The zero-order valence-corrected chi connectivity index (χ0v) is 18.8. The minimum absolute atomic E-state index is 0.0508. The van der Waals surface area contributed by atoms with E-state index >= 15 is 4.39 Å². The number of aliphatic hydroxyl groups is 1. The average molecular weight is 490 g/mol. The van der Waals surface area contributed by atoms with Crippen LogP contribution in [-0.4, -0.2) is 53.7 Å². The number of aromatic nitrogens is 6. The lowest BCUT2D eigenvalue weighted by Gasteiger charge is -2.39. The van der Waals surface area contributed by atoms with Crippen molar-refractivity contribution >= 4 is 22.4 Å². The molecule has 1 saturated heterocycles. The summed E-state index contributed by atoms with van der Waals surface area (Å²) in [6, 6.07) is 8.79. The van der Waals surface area contributed by atoms with E-state index in [1.54, 1.807) is 59.2 Å². The predicted octanol–water partition coefficient (Wildman–Crippen LogP) is 3.57. The molecule has 6 rings (SSSR count). The van der Waals surface area contributed by atoms with E-state index in [0.29, 0.717) is 22.2 Å². The Hall–Kier alpha value is -4.50. The van der Waals surface area contributed by atoms with Crippen LogP contribution in [0.1, 0.15) is 23.4 Å². The number of aliphatic hydroxyl groups excluding tert-OH is 1. The van der Waals surface area contributed by atoms with Gasteiger partial charge in [0, 0.05) is 42.0 Å². The van der Waals surface area contributed by atoms with Gasteiger partial charge in [-0.05, 0) is 31.2 Å². The highest BCUT2D eigenvalue weighted by atomic mass is 19.3. The minimum Gasteiger partial charge on any atom is -0.389 e. The molecule has 1 fully saturated rings. The van der Waals surface area contributed by atoms with Gasteiger partial charge in [0.1, 0.15) is 29.0 Å². The number of hydrogen-bond acceptors (Lipinski definition) is 7. The van der Waals surface area contributed by atoms with Crippen molar-refractivity contribution in [2.45, 2.75) is 19.5 Å². The maximum Gasteiger partial charge on any atom is 0.283 e. The molecule has 0 saturated carbocycles. The van der Waals surface area contributed by atoms with Gasteiger partial charge >= 0.3 is 0 Å². The molecule has 0 unspecified atom stereocenters. The maximum atomic E-state index is 15.5. The van der Waals surface area contributed by atoms with Crippen LogP contribution in [0.4, 0.5) is 19.0 Å². The summed E-state index contributed by atoms with van der Waals surface area (Å²) in [7, 11) is 0. The van der Waals surface area contributed by atoms with Gasteiger partial charge in [0.2, 0.25) is 0 Å². The van der Waals surface area contributed by atoms with E-state index in [1.165, 1.54) is 0 Å². The molecular formula is C24H17F3N8O. The van der Waals surface area contributed by atoms with Crippen molar-refractivity contribution in [2.75, 3.05) is 18.0 Å². The second kappa shape index (κ2) is 8.03. The molecule has 0 spiro atoms. The van der Waals surface area contributed by atoms with Crippen molar-refractivity contribution < 1.29 is 18.3 Å². The number of pyridine rings is 1. The summed E-state index contributed by atoms with van der Waals surface area (Å²) in [5.74, 6) is -0.364. The third kappa shape index (κ3) is 3.20. The van der Waals surface area contributed by atoms with Gasteiger partial charge in [-0.15, -0.1) is 0 Å². The SMILES string of the molecule is Cc1nc2c(C#N)c(C(F)F)nn2c(N2CC(O)C2)c1-c1c(F)cnc2cc(-n3cccn3)ccc12. The molecular weight excluding hydrogens is 473 g/mol. The normalized spacial score (nSPS) is 14.1. The molecule has 180 valence electrons. The number of aryl methyl sites for hydroxylation is 1. The Balaban J connectivity index is 1.67. The fourth-order valence-corrected chi connectivity index (χ4v) is 4.61. The van der Waals surface area contributed by atoms with E-state index in [2.05, 4.69) is 20.2 Å². The molecule has 1 aromatic carbocycles. The fraction of sp³-hybridized carbons (Fsp3) is 0.208. The number of anilines is 1. The van der Waals surface area contributed by atoms with Gasteiger partial charge < -0.3 is 10.0 Å². The van der Waals surface area contributed by atoms with E-state index in [-0.39, 0.29) is 35.7 Å². The standard InChI is InChI=1S/C24H17F3N8O/c1-12-19(20-15-4-3-13(34-6-2-5-30-34)7-18(15)29-9-17(20)25)24(33-10-14(36)11-33)35-23(31-12)16(8-28)21(32-35)22(26)27/h2-7,9,14,22,36H,10-11H2,1H3. The first kappa shape index (κ1) is 22.0. The van der Waals surface area contributed by atoms with Gasteiger partial charge in [-0.25, -0.2) is 22.8 Å². The number of rotatable bonds is 4. The van der Waals surface area contributed by atoms with Crippen molar-refractivity contribution in [1.82, 2.24) is 29.4 Å². The zero-order valence-electron chi connectivity index (χ0n) is 18.8. The third-order valence-corrected chi connectivity index (χ3v) is 6.25. The highest BCUT2D eigenvalue weighted by Crippen LogP contribution is 2.41. The highest BCUT2D eigenvalue weighted by molar-refractivity contribution is 5.99. The van der Waals surface area contributed by atoms with Crippen molar-refractivity contribution in [3.05, 3.63) is 65.6 Å². The third-order valence-electron chi connectivity index (χ3n) is 6.25. The molecule has 9 nitrogen and oxygen atoms in total. The number of alkyl halides is 2. The second-order valence-corrected chi connectivity index (χ2v) is 8.50. The van der Waals surface area contributed by atoms with Gasteiger partial charge in [0.25, 0.3) is 6.43 Å². The first-order chi connectivity index (χ1) is 17.4. The summed E-state index contributed by atoms with van der Waals surface area (Å²) in [5, 5.41) is 28.2. The Morgan fingerprint density at radius 1 is 1.22 bits per heavy atom. The summed E-state index contributed by atoms with van der Waals surface area (Å²) in [4.78, 5) is 10.4. The number of benzene rings is 1. The van der Waals surface area contributed by atoms with E-state index in [0.717, 1.165) is 16.4 Å². The largest absolute Gasteiger partial charge is 0.389 e. The highest BCUT2D eigenvalue weighted by Gasteiger charge is 2.34. The van der Waals surface area contributed by atoms with Gasteiger partial charge in [0.15, 0.2) is 5.65 Å². The number of hydrogen-bond donors (Lipinski definition) is 1. The van der Waals surface area contributed by atoms with Crippen LogP contribution in [0.15, 0.2) is 42.9 Å². The molecule has 1 aliphatic rings. The van der Waals surface area contributed by atoms with Crippen molar-refractivity contribution in [3.8, 4) is 22.9 Å². The van der Waals surface area contributed by atoms with Gasteiger partial charge in [0.05, 0.1) is 29.2 Å². The molecule has 5 heterocycles. The van der Waals surface area contributed by atoms with Crippen LogP contribution < -0.4 is 4.90 Å². The lowest BCUT2D eigenvalue weighted by Crippen LogP contribution is -2.52. The minimum atomic E-state index is -3.00. The van der Waals surface area contributed by atoms with Crippen LogP contribution in [0.5, 0.6) is 0 Å². The van der Waals surface area contributed by atoms with Gasteiger partial charge in [-0.2, -0.15) is 20.0 Å². The van der Waals surface area contributed by atoms with Crippen LogP contribution in [-0.2, 0) is 0 Å². The Labute approximate surface area is 201 Å². The average Bonchev–Trinajstić information content (AvgIpc) is 3.50. The summed E-state index contributed by atoms with van der Waals surface area (Å²) in [5.41, 5.74) is 0.922. The summed E-state index contributed by atoms with van der Waals surface area (Å²) < 4.78 is 45.7. The quantitative estimate of drug-likeness (QED) is 0.410. The van der Waals surface area contributed by atoms with Crippen LogP contribution in [0, 0.1) is 24.1 Å². The van der Waals surface area contributed by atoms with Crippen LogP contribution in [0.2, 0.25) is 0 Å². The molecule has 0 atom stereocenters. The van der Waals surface area contributed by atoms with E-state index in [1.807, 2.05) is 0 Å². The topological polar surface area (TPSA) is 108 Å². The molecule has 0 radical (unpaired) electrons. The molecule has 1 aliphatic heterocycles. The number of halogens is 3. The Bertz CT molecular complexity index is 1680. The number of nitrogens with zero attached hydrogens (tertiary/aromatic N) is 8. The lowest BCUT2D eigenvalue weighted by molar-refractivity contribution is 0.140. The summed E-state index contributed by atoms with van der Waals surface area (Å²) in [6.45, 7) is 1.99. The fourth-order valence-electron chi connectivity index (χ4n) is 4.61. The van der Waals surface area contributed by atoms with Crippen LogP contribution in [0.25, 0.3) is 33.4 Å². The van der Waals surface area contributed by atoms with Crippen molar-refractivity contribution in [1.29, 1.82) is 5.26 Å². The lowest BCUT2D eigenvalue weighted by atomic mass is 9.97. The molecule has 1 N–H and O–H groups in total. The summed E-state index contributed by atoms with van der Waals surface area (Å²) >= 11 is 0. The van der Waals surface area contributed by atoms with E-state index in [4.69, 9.17) is 0 Å². The van der Waals surface area contributed by atoms with Crippen LogP contribution >= 0.6 is 0 Å². The number of fused-ring (bicyclic) bond motifs is 2. The number of nitriles is 1. The number of β-amino-alcohol motifs (C(OH)–C–C–N with tert-alkyl or cyclic N) is 1. The first-order valence-corrected chi connectivity index (χ1v) is 11.0. The molecule has 4 aromatic heterocycles. The smallest absolute Gasteiger partial charge is 0.283 e. The predicted molar refractivity (Wildman–Crippen MR) is 123 cm³/mol. The Morgan fingerprint density at radius 3 is 2.69 bits per heavy atom. The Morgan fingerprint density at radius 2 is 2.03 bits per heavy atom. The molecule has 0 amide bonds. The molecule has 36 heavy (non-hydrogen) atoms. The van der Waals surface area contributed by atoms with Crippen molar-refractivity contribution in [3.63, 3.8) is 0 Å². The zero-order chi connectivity index (χ0) is 25.1. The van der Waals surface area contributed by atoms with Gasteiger partial charge in [-0.1, -0.05) is 0 Å². The maximum absolute atomic E-state index is 15.5. The molecule has 0 aliphatic carbocycles. The van der Waals surface area contributed by atoms with E-state index < -0.39 is 24.0 Å². The van der Waals surface area contributed by atoms with E-state index in [9.17, 15) is 19.1 Å². The monoisotopic (exact) mass is 490 g/mol.